The van der Waals surface area contributed by atoms with Gasteiger partial charge in [0.05, 0.1) is 11.3 Å². The van der Waals surface area contributed by atoms with E-state index in [4.69, 9.17) is 0 Å². The zero-order valence-corrected chi connectivity index (χ0v) is 20.7. The van der Waals surface area contributed by atoms with Crippen LogP contribution in [0.4, 0.5) is 11.4 Å². The summed E-state index contributed by atoms with van der Waals surface area (Å²) in [6, 6.07) is 19.7. The fourth-order valence-corrected chi connectivity index (χ4v) is 4.24. The van der Waals surface area contributed by atoms with Crippen molar-refractivity contribution in [3.63, 3.8) is 0 Å². The molecule has 0 aromatic heterocycles. The van der Waals surface area contributed by atoms with Gasteiger partial charge in [-0.15, -0.1) is 0 Å². The lowest BCUT2D eigenvalue weighted by atomic mass is 9.99. The summed E-state index contributed by atoms with van der Waals surface area (Å²) in [6.45, 7) is 10.2. The maximum absolute atomic E-state index is 13.7. The fourth-order valence-electron chi connectivity index (χ4n) is 4.24. The van der Waals surface area contributed by atoms with Crippen LogP contribution in [0.15, 0.2) is 66.4 Å². The van der Waals surface area contributed by atoms with Crippen LogP contribution < -0.4 is 10.2 Å². The lowest BCUT2D eigenvalue weighted by molar-refractivity contribution is -0.120. The van der Waals surface area contributed by atoms with Gasteiger partial charge >= 0.3 is 0 Å². The quantitative estimate of drug-likeness (QED) is 0.408. The largest absolute Gasteiger partial charge is 0.350 e. The molecule has 1 N–H and O–H groups in total. The first kappa shape index (κ1) is 23.5. The molecule has 0 bridgehead atoms. The molecule has 4 rings (SSSR count). The predicted octanol–water partition coefficient (Wildman–Crippen LogP) is 6.66. The van der Waals surface area contributed by atoms with Crippen LogP contribution in [0.25, 0.3) is 5.57 Å². The minimum absolute atomic E-state index is 0.303. The van der Waals surface area contributed by atoms with Crippen molar-refractivity contribution in [1.82, 2.24) is 0 Å². The van der Waals surface area contributed by atoms with E-state index in [9.17, 15) is 9.59 Å². The number of carbonyl (C=O) groups excluding carboxylic acids is 2. The highest BCUT2D eigenvalue weighted by molar-refractivity contribution is 6.46. The number of imide groups is 1. The van der Waals surface area contributed by atoms with E-state index >= 15 is 0 Å². The normalized spacial score (nSPS) is 13.7. The molecule has 0 saturated carbocycles. The molecular weight excluding hydrogens is 420 g/mol. The Hall–Kier alpha value is -3.66. The number of anilines is 2. The number of amides is 2. The highest BCUT2D eigenvalue weighted by Gasteiger charge is 2.40. The maximum atomic E-state index is 13.7. The summed E-state index contributed by atoms with van der Waals surface area (Å²) in [5, 5.41) is 3.32. The monoisotopic (exact) mass is 452 g/mol. The van der Waals surface area contributed by atoms with E-state index < -0.39 is 0 Å². The van der Waals surface area contributed by atoms with Crippen LogP contribution in [-0.2, 0) is 16.0 Å². The number of nitrogens with zero attached hydrogens (tertiary/aromatic N) is 1. The van der Waals surface area contributed by atoms with Crippen molar-refractivity contribution in [2.45, 2.75) is 53.9 Å². The van der Waals surface area contributed by atoms with Gasteiger partial charge in [0.15, 0.2) is 0 Å². The van der Waals surface area contributed by atoms with Crippen LogP contribution >= 0.6 is 0 Å². The number of nitrogens with one attached hydrogen (secondary N) is 1. The molecule has 0 saturated heterocycles. The Bertz CT molecular complexity index is 1290. The van der Waals surface area contributed by atoms with Gasteiger partial charge in [0.2, 0.25) is 0 Å². The van der Waals surface area contributed by atoms with Gasteiger partial charge in [-0.1, -0.05) is 55.8 Å². The molecule has 3 aromatic rings. The second-order valence-corrected chi connectivity index (χ2v) is 9.21. The van der Waals surface area contributed by atoms with Crippen LogP contribution in [0, 0.1) is 27.7 Å². The van der Waals surface area contributed by atoms with Crippen molar-refractivity contribution in [2.24, 2.45) is 0 Å². The molecule has 2 amide bonds. The Balaban J connectivity index is 1.78. The predicted molar refractivity (Wildman–Crippen MR) is 140 cm³/mol. The number of unbranched alkanes of at least 4 members (excludes halogenated alkanes) is 1. The summed E-state index contributed by atoms with van der Waals surface area (Å²) in [5.74, 6) is -0.636. The molecule has 0 spiro atoms. The van der Waals surface area contributed by atoms with Gasteiger partial charge in [-0.3, -0.25) is 9.59 Å². The Morgan fingerprint density at radius 1 is 0.765 bits per heavy atom. The molecule has 0 fully saturated rings. The molecule has 4 heteroatoms. The van der Waals surface area contributed by atoms with Gasteiger partial charge in [-0.05, 0) is 92.1 Å². The van der Waals surface area contributed by atoms with Crippen molar-refractivity contribution in [3.8, 4) is 0 Å². The summed E-state index contributed by atoms with van der Waals surface area (Å²) in [7, 11) is 0. The smallest absolute Gasteiger partial charge is 0.282 e. The average molecular weight is 453 g/mol. The average Bonchev–Trinajstić information content (AvgIpc) is 3.06. The Morgan fingerprint density at radius 3 is 2.15 bits per heavy atom. The second kappa shape index (κ2) is 9.68. The third kappa shape index (κ3) is 4.54. The number of hydrogen-bond donors (Lipinski definition) is 1. The van der Waals surface area contributed by atoms with E-state index in [0.717, 1.165) is 52.8 Å². The number of carbonyl (C=O) groups is 2. The Morgan fingerprint density at radius 2 is 1.47 bits per heavy atom. The lowest BCUT2D eigenvalue weighted by Gasteiger charge is -2.16. The van der Waals surface area contributed by atoms with E-state index in [0.29, 0.717) is 17.0 Å². The molecule has 4 nitrogen and oxygen atoms in total. The summed E-state index contributed by atoms with van der Waals surface area (Å²) in [4.78, 5) is 28.7. The van der Waals surface area contributed by atoms with Gasteiger partial charge in [-0.25, -0.2) is 4.90 Å². The van der Waals surface area contributed by atoms with E-state index in [2.05, 4.69) is 12.2 Å². The van der Waals surface area contributed by atoms with E-state index in [-0.39, 0.29) is 11.8 Å². The SMILES string of the molecule is CCCCc1ccc(N2C(=O)C(Nc3cc(C)ccc3C)=C(c3ccc(C)c(C)c3)C2=O)cc1. The molecule has 0 aliphatic carbocycles. The summed E-state index contributed by atoms with van der Waals surface area (Å²) < 4.78 is 0. The van der Waals surface area contributed by atoms with E-state index in [1.54, 1.807) is 0 Å². The second-order valence-electron chi connectivity index (χ2n) is 9.21. The highest BCUT2D eigenvalue weighted by Crippen LogP contribution is 2.35. The van der Waals surface area contributed by atoms with Crippen LogP contribution in [0.5, 0.6) is 0 Å². The van der Waals surface area contributed by atoms with Crippen molar-refractivity contribution in [2.75, 3.05) is 10.2 Å². The first-order valence-electron chi connectivity index (χ1n) is 11.9. The summed E-state index contributed by atoms with van der Waals surface area (Å²) in [5.41, 5.74) is 8.41. The lowest BCUT2D eigenvalue weighted by Crippen LogP contribution is -2.32. The first-order chi connectivity index (χ1) is 16.3. The van der Waals surface area contributed by atoms with Crippen molar-refractivity contribution in [1.29, 1.82) is 0 Å². The van der Waals surface area contributed by atoms with Gasteiger partial charge < -0.3 is 5.32 Å². The third-order valence-corrected chi connectivity index (χ3v) is 6.55. The van der Waals surface area contributed by atoms with Crippen LogP contribution in [0.3, 0.4) is 0 Å². The van der Waals surface area contributed by atoms with Crippen LogP contribution in [0.2, 0.25) is 0 Å². The van der Waals surface area contributed by atoms with E-state index in [1.165, 1.54) is 10.5 Å². The number of aryl methyl sites for hydroxylation is 5. The van der Waals surface area contributed by atoms with Crippen molar-refractivity contribution >= 4 is 28.8 Å². The topological polar surface area (TPSA) is 49.4 Å². The van der Waals surface area contributed by atoms with Crippen molar-refractivity contribution in [3.05, 3.63) is 99.7 Å². The molecular formula is C30H32N2O2. The molecule has 174 valence electrons. The Labute approximate surface area is 202 Å². The molecule has 3 aromatic carbocycles. The molecule has 1 heterocycles. The van der Waals surface area contributed by atoms with Gasteiger partial charge in [-0.2, -0.15) is 0 Å². The fraction of sp³-hybridized carbons (Fsp3) is 0.267. The molecule has 1 aliphatic rings. The molecule has 0 radical (unpaired) electrons. The number of rotatable bonds is 7. The minimum atomic E-state index is -0.333. The zero-order chi connectivity index (χ0) is 24.4. The zero-order valence-electron chi connectivity index (χ0n) is 20.7. The van der Waals surface area contributed by atoms with E-state index in [1.807, 2.05) is 88.4 Å². The van der Waals surface area contributed by atoms with Gasteiger partial charge in [0.25, 0.3) is 11.8 Å². The van der Waals surface area contributed by atoms with Crippen molar-refractivity contribution < 1.29 is 9.59 Å². The highest BCUT2D eigenvalue weighted by atomic mass is 16.2. The third-order valence-electron chi connectivity index (χ3n) is 6.55. The van der Waals surface area contributed by atoms with Gasteiger partial charge in [0.1, 0.15) is 5.70 Å². The number of hydrogen-bond acceptors (Lipinski definition) is 3. The summed E-state index contributed by atoms with van der Waals surface area (Å²) in [6.07, 6.45) is 3.23. The standard InChI is InChI=1S/C30H32N2O2/c1-6-7-8-23-12-15-25(16-13-23)32-29(33)27(24-14-11-20(3)22(5)18-24)28(30(32)34)31-26-17-19(2)9-10-21(26)4/h9-18,31H,6-8H2,1-5H3. The Kier molecular flexibility index (Phi) is 6.69. The molecule has 0 atom stereocenters. The van der Waals surface area contributed by atoms with Gasteiger partial charge in [0, 0.05) is 5.69 Å². The van der Waals surface area contributed by atoms with Crippen LogP contribution in [-0.4, -0.2) is 11.8 Å². The maximum Gasteiger partial charge on any atom is 0.282 e. The molecule has 1 aliphatic heterocycles. The van der Waals surface area contributed by atoms with Crippen LogP contribution in [0.1, 0.15) is 53.1 Å². The first-order valence-corrected chi connectivity index (χ1v) is 11.9. The summed E-state index contributed by atoms with van der Waals surface area (Å²) >= 11 is 0. The molecule has 0 unspecified atom stereocenters. The minimum Gasteiger partial charge on any atom is -0.350 e. The number of benzene rings is 3. The molecule has 34 heavy (non-hydrogen) atoms.